The van der Waals surface area contributed by atoms with Crippen molar-refractivity contribution in [1.82, 2.24) is 4.98 Å². The van der Waals surface area contributed by atoms with Gasteiger partial charge < -0.3 is 5.84 Å². The molecule has 0 aliphatic carbocycles. The van der Waals surface area contributed by atoms with Crippen molar-refractivity contribution in [1.29, 1.82) is 0 Å². The predicted molar refractivity (Wildman–Crippen MR) is 51.4 cm³/mol. The Morgan fingerprint density at radius 2 is 2.50 bits per heavy atom. The number of nitrogens with two attached hydrogens (primary N) is 1. The van der Waals surface area contributed by atoms with E-state index < -0.39 is 0 Å². The molecule has 12 heavy (non-hydrogen) atoms. The number of hydrogen-bond acceptors (Lipinski definition) is 4. The van der Waals surface area contributed by atoms with E-state index in [0.29, 0.717) is 0 Å². The predicted octanol–water partition coefficient (Wildman–Crippen LogP) is 1.59. The van der Waals surface area contributed by atoms with Crippen molar-refractivity contribution in [2.75, 3.05) is 0 Å². The van der Waals surface area contributed by atoms with Crippen molar-refractivity contribution in [2.24, 2.45) is 10.9 Å². The first kappa shape index (κ1) is 7.24. The highest BCUT2D eigenvalue weighted by Gasteiger charge is 1.95. The number of thiophene rings is 1. The Morgan fingerprint density at radius 1 is 1.58 bits per heavy atom. The molecule has 0 radical (unpaired) electrons. The highest BCUT2D eigenvalue weighted by atomic mass is 32.1. The quantitative estimate of drug-likeness (QED) is 0.408. The van der Waals surface area contributed by atoms with Crippen LogP contribution >= 0.6 is 11.3 Å². The van der Waals surface area contributed by atoms with Gasteiger partial charge in [-0.2, -0.15) is 5.10 Å². The number of fused-ring (bicyclic) bond motifs is 1. The summed E-state index contributed by atoms with van der Waals surface area (Å²) in [7, 11) is 0. The topological polar surface area (TPSA) is 51.3 Å². The van der Waals surface area contributed by atoms with E-state index in [1.165, 1.54) is 0 Å². The van der Waals surface area contributed by atoms with Gasteiger partial charge in [0.25, 0.3) is 0 Å². The molecule has 0 aliphatic heterocycles. The smallest absolute Gasteiger partial charge is 0.0810 e. The second kappa shape index (κ2) is 2.91. The fourth-order valence-electron chi connectivity index (χ4n) is 1.02. The fourth-order valence-corrected chi connectivity index (χ4v) is 1.81. The summed E-state index contributed by atoms with van der Waals surface area (Å²) < 4.78 is 1.16. The molecule has 0 unspecified atom stereocenters. The zero-order valence-electron chi connectivity index (χ0n) is 6.27. The van der Waals surface area contributed by atoms with Gasteiger partial charge in [-0.05, 0) is 17.5 Å². The van der Waals surface area contributed by atoms with Gasteiger partial charge in [-0.25, -0.2) is 0 Å². The van der Waals surface area contributed by atoms with Gasteiger partial charge in [-0.15, -0.1) is 11.3 Å². The second-order valence-electron chi connectivity index (χ2n) is 2.35. The summed E-state index contributed by atoms with van der Waals surface area (Å²) in [4.78, 5) is 4.22. The van der Waals surface area contributed by atoms with Gasteiger partial charge in [0.05, 0.1) is 16.4 Å². The standard InChI is InChI=1S/C8H7N3S/c9-11-5-6-3-8-7(10-4-6)1-2-12-8/h1-5H,9H2/b11-5+. The number of nitrogens with zero attached hydrogens (tertiary/aromatic N) is 2. The van der Waals surface area contributed by atoms with Crippen LogP contribution in [0.2, 0.25) is 0 Å². The summed E-state index contributed by atoms with van der Waals surface area (Å²) in [6.07, 6.45) is 3.34. The lowest BCUT2D eigenvalue weighted by molar-refractivity contribution is 1.26. The number of aromatic nitrogens is 1. The summed E-state index contributed by atoms with van der Waals surface area (Å²) in [5.74, 6) is 5.02. The molecule has 0 amide bonds. The first-order valence-electron chi connectivity index (χ1n) is 3.46. The molecule has 0 saturated carbocycles. The molecule has 2 aromatic heterocycles. The summed E-state index contributed by atoms with van der Waals surface area (Å²) in [6.45, 7) is 0. The van der Waals surface area contributed by atoms with Crippen molar-refractivity contribution in [3.8, 4) is 0 Å². The Morgan fingerprint density at radius 3 is 3.33 bits per heavy atom. The molecule has 4 heteroatoms. The van der Waals surface area contributed by atoms with Gasteiger partial charge >= 0.3 is 0 Å². The number of hydrogen-bond donors (Lipinski definition) is 1. The third kappa shape index (κ3) is 1.16. The normalized spacial score (nSPS) is 11.3. The highest BCUT2D eigenvalue weighted by molar-refractivity contribution is 7.17. The van der Waals surface area contributed by atoms with Crippen LogP contribution in [0.1, 0.15) is 5.56 Å². The first-order valence-corrected chi connectivity index (χ1v) is 4.34. The maximum Gasteiger partial charge on any atom is 0.0810 e. The lowest BCUT2D eigenvalue weighted by atomic mass is 10.3. The van der Waals surface area contributed by atoms with Crippen LogP contribution in [-0.4, -0.2) is 11.2 Å². The average Bonchev–Trinajstić information content (AvgIpc) is 2.51. The molecule has 0 saturated heterocycles. The SMILES string of the molecule is N/N=C/c1cnc2ccsc2c1. The maximum absolute atomic E-state index is 5.02. The lowest BCUT2D eigenvalue weighted by Crippen LogP contribution is -1.86. The first-order chi connectivity index (χ1) is 5.90. The minimum atomic E-state index is 0.937. The van der Waals surface area contributed by atoms with Crippen LogP contribution in [0, 0.1) is 0 Å². The molecular weight excluding hydrogens is 170 g/mol. The van der Waals surface area contributed by atoms with E-state index in [1.807, 2.05) is 17.5 Å². The molecule has 0 spiro atoms. The van der Waals surface area contributed by atoms with Crippen molar-refractivity contribution in [3.63, 3.8) is 0 Å². The summed E-state index contributed by atoms with van der Waals surface area (Å²) in [5.41, 5.74) is 1.96. The van der Waals surface area contributed by atoms with Gasteiger partial charge in [0.2, 0.25) is 0 Å². The van der Waals surface area contributed by atoms with E-state index >= 15 is 0 Å². The highest BCUT2D eigenvalue weighted by Crippen LogP contribution is 2.18. The third-order valence-electron chi connectivity index (χ3n) is 1.55. The van der Waals surface area contributed by atoms with Crippen molar-refractivity contribution in [2.45, 2.75) is 0 Å². The van der Waals surface area contributed by atoms with E-state index in [0.717, 1.165) is 15.8 Å². The van der Waals surface area contributed by atoms with Crippen LogP contribution in [0.5, 0.6) is 0 Å². The molecule has 0 atom stereocenters. The molecule has 3 nitrogen and oxygen atoms in total. The van der Waals surface area contributed by atoms with Crippen molar-refractivity contribution >= 4 is 27.8 Å². The fraction of sp³-hybridized carbons (Fsp3) is 0. The van der Waals surface area contributed by atoms with Crippen LogP contribution in [0.25, 0.3) is 10.2 Å². The lowest BCUT2D eigenvalue weighted by Gasteiger charge is -1.90. The zero-order valence-corrected chi connectivity index (χ0v) is 7.08. The molecule has 60 valence electrons. The van der Waals surface area contributed by atoms with E-state index in [4.69, 9.17) is 5.84 Å². The number of hydrazone groups is 1. The molecule has 0 fully saturated rings. The molecule has 0 aliphatic rings. The Balaban J connectivity index is 2.60. The Kier molecular flexibility index (Phi) is 1.75. The Labute approximate surface area is 73.5 Å². The summed E-state index contributed by atoms with van der Waals surface area (Å²) in [6, 6.07) is 4.01. The van der Waals surface area contributed by atoms with E-state index in [1.54, 1.807) is 23.7 Å². The molecule has 2 rings (SSSR count). The van der Waals surface area contributed by atoms with Gasteiger partial charge in [0.1, 0.15) is 0 Å². The summed E-state index contributed by atoms with van der Waals surface area (Å²) >= 11 is 1.66. The van der Waals surface area contributed by atoms with Crippen LogP contribution in [-0.2, 0) is 0 Å². The van der Waals surface area contributed by atoms with E-state index in [-0.39, 0.29) is 0 Å². The second-order valence-corrected chi connectivity index (χ2v) is 3.30. The maximum atomic E-state index is 5.02. The Bertz CT molecular complexity index is 419. The van der Waals surface area contributed by atoms with Crippen LogP contribution in [0.15, 0.2) is 28.8 Å². The number of pyridine rings is 1. The third-order valence-corrected chi connectivity index (χ3v) is 2.40. The largest absolute Gasteiger partial charge is 0.323 e. The van der Waals surface area contributed by atoms with Crippen LogP contribution in [0.4, 0.5) is 0 Å². The minimum absolute atomic E-state index is 0.937. The van der Waals surface area contributed by atoms with Gasteiger partial charge in [0.15, 0.2) is 0 Å². The molecule has 2 N–H and O–H groups in total. The van der Waals surface area contributed by atoms with E-state index in [9.17, 15) is 0 Å². The zero-order chi connectivity index (χ0) is 8.39. The molecule has 0 bridgehead atoms. The number of rotatable bonds is 1. The van der Waals surface area contributed by atoms with Crippen LogP contribution < -0.4 is 5.84 Å². The average molecular weight is 177 g/mol. The molecule has 0 aromatic carbocycles. The van der Waals surface area contributed by atoms with Crippen molar-refractivity contribution in [3.05, 3.63) is 29.3 Å². The Hall–Kier alpha value is -1.42. The van der Waals surface area contributed by atoms with Crippen LogP contribution in [0.3, 0.4) is 0 Å². The van der Waals surface area contributed by atoms with Gasteiger partial charge in [-0.1, -0.05) is 0 Å². The van der Waals surface area contributed by atoms with E-state index in [2.05, 4.69) is 10.1 Å². The monoisotopic (exact) mass is 177 g/mol. The summed E-state index contributed by atoms with van der Waals surface area (Å²) in [5, 5.41) is 5.45. The van der Waals surface area contributed by atoms with Gasteiger partial charge in [0, 0.05) is 11.8 Å². The minimum Gasteiger partial charge on any atom is -0.323 e. The molecular formula is C8H7N3S. The molecule has 2 heterocycles. The molecule has 2 aromatic rings. The van der Waals surface area contributed by atoms with Gasteiger partial charge in [-0.3, -0.25) is 4.98 Å². The van der Waals surface area contributed by atoms with Crippen molar-refractivity contribution < 1.29 is 0 Å².